The molecule has 1 rings (SSSR count). The van der Waals surface area contributed by atoms with Gasteiger partial charge >= 0.3 is 23.8 Å². The van der Waals surface area contributed by atoms with E-state index in [2.05, 4.69) is 20.1 Å². The van der Waals surface area contributed by atoms with E-state index in [9.17, 15) is 19.2 Å². The first-order valence-electron chi connectivity index (χ1n) is 7.42. The Morgan fingerprint density at radius 2 is 1.23 bits per heavy atom. The average Bonchev–Trinajstić information content (AvgIpc) is 2.48. The quantitative estimate of drug-likeness (QED) is 0.429. The fourth-order valence-corrected chi connectivity index (χ4v) is 2.37. The van der Waals surface area contributed by atoms with Crippen LogP contribution in [0.5, 0.6) is 0 Å². The van der Waals surface area contributed by atoms with Gasteiger partial charge in [0.1, 0.15) is 5.66 Å². The lowest BCUT2D eigenvalue weighted by Gasteiger charge is -2.38. The van der Waals surface area contributed by atoms with Gasteiger partial charge in [0.15, 0.2) is 0 Å². The predicted molar refractivity (Wildman–Crippen MR) is 75.4 cm³/mol. The van der Waals surface area contributed by atoms with Crippen molar-refractivity contribution in [3.05, 3.63) is 0 Å². The first kappa shape index (κ1) is 17.9. The molecule has 124 valence electrons. The van der Waals surface area contributed by atoms with Crippen LogP contribution in [0.3, 0.4) is 0 Å². The van der Waals surface area contributed by atoms with E-state index < -0.39 is 29.4 Å². The van der Waals surface area contributed by atoms with E-state index in [-0.39, 0.29) is 13.2 Å². The van der Waals surface area contributed by atoms with Crippen LogP contribution >= 0.6 is 0 Å². The van der Waals surface area contributed by atoms with Gasteiger partial charge in [-0.25, -0.2) is 9.59 Å². The minimum absolute atomic E-state index is 0.0778. The van der Waals surface area contributed by atoms with E-state index in [0.717, 1.165) is 19.3 Å². The number of carbonyl (C=O) groups excluding carboxylic acids is 4. The van der Waals surface area contributed by atoms with Gasteiger partial charge in [-0.1, -0.05) is 6.42 Å². The maximum absolute atomic E-state index is 11.8. The summed E-state index contributed by atoms with van der Waals surface area (Å²) in [6, 6.07) is 0. The van der Waals surface area contributed by atoms with Gasteiger partial charge in [-0.15, -0.1) is 0 Å². The fraction of sp³-hybridized carbons (Fsp3) is 0.714. The molecule has 1 aliphatic rings. The highest BCUT2D eigenvalue weighted by Gasteiger charge is 2.38. The molecule has 1 saturated carbocycles. The third-order valence-corrected chi connectivity index (χ3v) is 3.33. The molecule has 0 spiro atoms. The van der Waals surface area contributed by atoms with Crippen LogP contribution in [0, 0.1) is 0 Å². The molecule has 8 heteroatoms. The largest absolute Gasteiger partial charge is 0.459 e. The summed E-state index contributed by atoms with van der Waals surface area (Å²) in [5, 5.41) is 4.98. The number of esters is 2. The van der Waals surface area contributed by atoms with Crippen molar-refractivity contribution in [1.29, 1.82) is 0 Å². The van der Waals surface area contributed by atoms with Crippen LogP contribution in [0.1, 0.15) is 46.0 Å². The number of amides is 2. The summed E-state index contributed by atoms with van der Waals surface area (Å²) in [7, 11) is 0. The smallest absolute Gasteiger partial charge is 0.396 e. The first-order chi connectivity index (χ1) is 10.4. The number of nitrogens with one attached hydrogen (secondary N) is 2. The summed E-state index contributed by atoms with van der Waals surface area (Å²) in [5.74, 6) is -3.91. The van der Waals surface area contributed by atoms with Gasteiger partial charge in [-0.3, -0.25) is 9.59 Å². The lowest BCUT2D eigenvalue weighted by molar-refractivity contribution is -0.158. The summed E-state index contributed by atoms with van der Waals surface area (Å²) < 4.78 is 9.25. The fourth-order valence-electron chi connectivity index (χ4n) is 2.37. The summed E-state index contributed by atoms with van der Waals surface area (Å²) >= 11 is 0. The van der Waals surface area contributed by atoms with Crippen molar-refractivity contribution in [2.24, 2.45) is 0 Å². The van der Waals surface area contributed by atoms with Crippen LogP contribution in [0.25, 0.3) is 0 Å². The second-order valence-corrected chi connectivity index (χ2v) is 4.99. The van der Waals surface area contributed by atoms with Crippen LogP contribution in [0.15, 0.2) is 0 Å². The Kier molecular flexibility index (Phi) is 6.81. The van der Waals surface area contributed by atoms with Crippen molar-refractivity contribution in [3.63, 3.8) is 0 Å². The summed E-state index contributed by atoms with van der Waals surface area (Å²) in [6.45, 7) is 3.33. The lowest BCUT2D eigenvalue weighted by atomic mass is 9.88. The molecule has 0 heterocycles. The van der Waals surface area contributed by atoms with Crippen LogP contribution in [0.2, 0.25) is 0 Å². The van der Waals surface area contributed by atoms with Gasteiger partial charge in [0, 0.05) is 0 Å². The van der Waals surface area contributed by atoms with Crippen molar-refractivity contribution >= 4 is 23.8 Å². The number of hydrogen-bond donors (Lipinski definition) is 2. The normalized spacial score (nSPS) is 16.3. The van der Waals surface area contributed by atoms with Crippen molar-refractivity contribution in [1.82, 2.24) is 10.6 Å². The van der Waals surface area contributed by atoms with E-state index in [4.69, 9.17) is 0 Å². The molecule has 1 fully saturated rings. The van der Waals surface area contributed by atoms with Gasteiger partial charge in [0.25, 0.3) is 0 Å². The maximum Gasteiger partial charge on any atom is 0.396 e. The third kappa shape index (κ3) is 5.01. The van der Waals surface area contributed by atoms with Crippen molar-refractivity contribution < 1.29 is 28.7 Å². The first-order valence-corrected chi connectivity index (χ1v) is 7.42. The highest BCUT2D eigenvalue weighted by Crippen LogP contribution is 2.26. The monoisotopic (exact) mass is 314 g/mol. The molecule has 8 nitrogen and oxygen atoms in total. The standard InChI is InChI=1S/C14H22N2O6/c1-3-21-12(19)10(17)15-14(8-6-5-7-9-14)16-11(18)13(20)22-4-2/h3-9H2,1-2H3,(H,15,17)(H,16,18). The Morgan fingerprint density at radius 1 is 0.818 bits per heavy atom. The number of rotatable bonds is 4. The van der Waals surface area contributed by atoms with E-state index in [0.29, 0.717) is 12.8 Å². The highest BCUT2D eigenvalue weighted by molar-refractivity contribution is 6.34. The molecule has 0 aromatic rings. The Hall–Kier alpha value is -2.12. The summed E-state index contributed by atoms with van der Waals surface area (Å²) in [6.07, 6.45) is 3.33. The molecule has 1 aliphatic carbocycles. The molecule has 0 aromatic heterocycles. The molecule has 0 aromatic carbocycles. The van der Waals surface area contributed by atoms with Crippen molar-refractivity contribution in [3.8, 4) is 0 Å². The van der Waals surface area contributed by atoms with E-state index >= 15 is 0 Å². The summed E-state index contributed by atoms with van der Waals surface area (Å²) in [5.41, 5.74) is -1.12. The minimum Gasteiger partial charge on any atom is -0.459 e. The zero-order valence-electron chi connectivity index (χ0n) is 12.9. The minimum atomic E-state index is -1.12. The van der Waals surface area contributed by atoms with Gasteiger partial charge < -0.3 is 20.1 Å². The number of carbonyl (C=O) groups is 4. The molecule has 0 atom stereocenters. The second-order valence-electron chi connectivity index (χ2n) is 4.99. The Morgan fingerprint density at radius 3 is 1.59 bits per heavy atom. The van der Waals surface area contributed by atoms with Crippen LogP contribution in [0.4, 0.5) is 0 Å². The average molecular weight is 314 g/mol. The lowest BCUT2D eigenvalue weighted by Crippen LogP contribution is -2.63. The van der Waals surface area contributed by atoms with Crippen LogP contribution < -0.4 is 10.6 Å². The number of ether oxygens (including phenoxy) is 2. The predicted octanol–water partition coefficient (Wildman–Crippen LogP) is 0.00540. The van der Waals surface area contributed by atoms with Gasteiger partial charge in [0.05, 0.1) is 13.2 Å². The van der Waals surface area contributed by atoms with E-state index in [1.54, 1.807) is 13.8 Å². The summed E-state index contributed by atoms with van der Waals surface area (Å²) in [4.78, 5) is 46.5. The van der Waals surface area contributed by atoms with Crippen molar-refractivity contribution in [2.45, 2.75) is 51.6 Å². The van der Waals surface area contributed by atoms with E-state index in [1.807, 2.05) is 0 Å². The van der Waals surface area contributed by atoms with Crippen molar-refractivity contribution in [2.75, 3.05) is 13.2 Å². The molecule has 0 aliphatic heterocycles. The Labute approximate surface area is 128 Å². The maximum atomic E-state index is 11.8. The molecule has 0 unspecified atom stereocenters. The van der Waals surface area contributed by atoms with Crippen LogP contribution in [-0.4, -0.2) is 42.6 Å². The molecular weight excluding hydrogens is 292 g/mol. The molecule has 0 radical (unpaired) electrons. The SMILES string of the molecule is CCOC(=O)C(=O)NC1(NC(=O)C(=O)OCC)CCCCC1. The zero-order chi connectivity index (χ0) is 16.6. The molecular formula is C14H22N2O6. The molecule has 2 N–H and O–H groups in total. The van der Waals surface area contributed by atoms with Gasteiger partial charge in [-0.2, -0.15) is 0 Å². The highest BCUT2D eigenvalue weighted by atomic mass is 16.5. The molecule has 2 amide bonds. The van der Waals surface area contributed by atoms with Gasteiger partial charge in [-0.05, 0) is 39.5 Å². The van der Waals surface area contributed by atoms with Gasteiger partial charge in [0.2, 0.25) is 0 Å². The number of hydrogen-bond acceptors (Lipinski definition) is 6. The van der Waals surface area contributed by atoms with E-state index in [1.165, 1.54) is 0 Å². The molecule has 0 saturated heterocycles. The topological polar surface area (TPSA) is 111 Å². The third-order valence-electron chi connectivity index (χ3n) is 3.33. The molecule has 22 heavy (non-hydrogen) atoms. The Bertz CT molecular complexity index is 409. The zero-order valence-corrected chi connectivity index (χ0v) is 12.9. The molecule has 0 bridgehead atoms. The second kappa shape index (κ2) is 8.35. The Balaban J connectivity index is 2.77. The van der Waals surface area contributed by atoms with Crippen LogP contribution in [-0.2, 0) is 28.7 Å².